The minimum atomic E-state index is 0.0143. The summed E-state index contributed by atoms with van der Waals surface area (Å²) in [6.45, 7) is 5.25. The lowest BCUT2D eigenvalue weighted by atomic mass is 10.1. The van der Waals surface area contributed by atoms with Crippen molar-refractivity contribution in [3.8, 4) is 0 Å². The lowest BCUT2D eigenvalue weighted by Crippen LogP contribution is -2.35. The van der Waals surface area contributed by atoms with Gasteiger partial charge in [-0.25, -0.2) is 4.98 Å². The Balaban J connectivity index is 2.05. The molecule has 18 heavy (non-hydrogen) atoms. The lowest BCUT2D eigenvalue weighted by Gasteiger charge is -2.19. The van der Waals surface area contributed by atoms with Gasteiger partial charge in [-0.15, -0.1) is 0 Å². The van der Waals surface area contributed by atoms with E-state index in [1.165, 1.54) is 0 Å². The number of carbonyl (C=O) groups is 1. The van der Waals surface area contributed by atoms with Crippen LogP contribution in [0, 0.1) is 0 Å². The van der Waals surface area contributed by atoms with E-state index < -0.39 is 0 Å². The summed E-state index contributed by atoms with van der Waals surface area (Å²) in [5.41, 5.74) is 6.96. The molecular formula is C13H20N4O. The maximum atomic E-state index is 11.0. The number of nitrogens with one attached hydrogen (secondary N) is 1. The highest BCUT2D eigenvalue weighted by atomic mass is 16.1. The first kappa shape index (κ1) is 12.8. The van der Waals surface area contributed by atoms with E-state index in [-0.39, 0.29) is 18.0 Å². The van der Waals surface area contributed by atoms with Crippen LogP contribution < -0.4 is 16.0 Å². The molecule has 5 nitrogen and oxygen atoms in total. The van der Waals surface area contributed by atoms with Crippen molar-refractivity contribution in [1.82, 2.24) is 10.3 Å². The molecule has 98 valence electrons. The summed E-state index contributed by atoms with van der Waals surface area (Å²) in [6.07, 6.45) is 2.75. The van der Waals surface area contributed by atoms with Crippen LogP contribution in [0.4, 0.5) is 5.82 Å². The molecule has 2 atom stereocenters. The van der Waals surface area contributed by atoms with Gasteiger partial charge in [0.25, 0.3) is 0 Å². The second-order valence-corrected chi connectivity index (χ2v) is 4.87. The third kappa shape index (κ3) is 2.98. The van der Waals surface area contributed by atoms with Crippen LogP contribution in [0.1, 0.15) is 31.9 Å². The molecule has 1 fully saturated rings. The molecule has 2 heterocycles. The number of amides is 1. The van der Waals surface area contributed by atoms with Crippen LogP contribution in [0.3, 0.4) is 0 Å². The number of hydrogen-bond donors (Lipinski definition) is 2. The second-order valence-electron chi connectivity index (χ2n) is 4.87. The number of aromatic nitrogens is 1. The molecular weight excluding hydrogens is 228 g/mol. The smallest absolute Gasteiger partial charge is 0.217 e. The molecule has 0 aliphatic carbocycles. The molecule has 1 amide bonds. The zero-order chi connectivity index (χ0) is 13.1. The monoisotopic (exact) mass is 248 g/mol. The molecule has 2 rings (SSSR count). The van der Waals surface area contributed by atoms with E-state index >= 15 is 0 Å². The minimum absolute atomic E-state index is 0.0143. The molecule has 0 spiro atoms. The Morgan fingerprint density at radius 3 is 3.11 bits per heavy atom. The Morgan fingerprint density at radius 1 is 1.67 bits per heavy atom. The maximum absolute atomic E-state index is 11.0. The van der Waals surface area contributed by atoms with Crippen LogP contribution >= 0.6 is 0 Å². The molecule has 1 unspecified atom stereocenters. The van der Waals surface area contributed by atoms with E-state index in [1.54, 1.807) is 13.1 Å². The predicted molar refractivity (Wildman–Crippen MR) is 71.3 cm³/mol. The zero-order valence-corrected chi connectivity index (χ0v) is 10.9. The van der Waals surface area contributed by atoms with Gasteiger partial charge in [0, 0.05) is 38.3 Å². The number of pyridine rings is 1. The van der Waals surface area contributed by atoms with Gasteiger partial charge >= 0.3 is 0 Å². The van der Waals surface area contributed by atoms with Crippen molar-refractivity contribution in [2.75, 3.05) is 18.0 Å². The molecule has 1 aliphatic rings. The number of anilines is 1. The van der Waals surface area contributed by atoms with Crippen molar-refractivity contribution in [3.05, 3.63) is 23.9 Å². The summed E-state index contributed by atoms with van der Waals surface area (Å²) in [4.78, 5) is 17.6. The predicted octanol–water partition coefficient (Wildman–Crippen LogP) is 0.816. The SMILES string of the molecule is CC(=O)NC1CCN(c2cc([C@@H](C)N)ccn2)C1. The summed E-state index contributed by atoms with van der Waals surface area (Å²) in [5.74, 6) is 0.969. The molecule has 0 radical (unpaired) electrons. The molecule has 1 saturated heterocycles. The molecule has 1 aromatic heterocycles. The van der Waals surface area contributed by atoms with Crippen LogP contribution in [-0.4, -0.2) is 30.0 Å². The van der Waals surface area contributed by atoms with Gasteiger partial charge in [-0.2, -0.15) is 0 Å². The highest BCUT2D eigenvalue weighted by Gasteiger charge is 2.24. The molecule has 5 heteroatoms. The Kier molecular flexibility index (Phi) is 3.81. The maximum Gasteiger partial charge on any atom is 0.217 e. The van der Waals surface area contributed by atoms with Gasteiger partial charge in [0.05, 0.1) is 0 Å². The van der Waals surface area contributed by atoms with Gasteiger partial charge in [0.15, 0.2) is 0 Å². The topological polar surface area (TPSA) is 71.2 Å². The second kappa shape index (κ2) is 5.35. The van der Waals surface area contributed by atoms with Crippen LogP contribution in [0.15, 0.2) is 18.3 Å². The summed E-state index contributed by atoms with van der Waals surface area (Å²) < 4.78 is 0. The van der Waals surface area contributed by atoms with Crippen molar-refractivity contribution in [2.24, 2.45) is 5.73 Å². The van der Waals surface area contributed by atoms with E-state index in [0.29, 0.717) is 0 Å². The van der Waals surface area contributed by atoms with Gasteiger partial charge in [-0.1, -0.05) is 0 Å². The number of carbonyl (C=O) groups excluding carboxylic acids is 1. The van der Waals surface area contributed by atoms with Crippen molar-refractivity contribution >= 4 is 11.7 Å². The Hall–Kier alpha value is -1.62. The average molecular weight is 248 g/mol. The van der Waals surface area contributed by atoms with Gasteiger partial charge < -0.3 is 16.0 Å². The third-order valence-corrected chi connectivity index (χ3v) is 3.21. The van der Waals surface area contributed by atoms with Gasteiger partial charge in [-0.3, -0.25) is 4.79 Å². The molecule has 1 aliphatic heterocycles. The van der Waals surface area contributed by atoms with E-state index in [0.717, 1.165) is 30.9 Å². The van der Waals surface area contributed by atoms with Gasteiger partial charge in [-0.05, 0) is 31.0 Å². The largest absolute Gasteiger partial charge is 0.354 e. The Bertz CT molecular complexity index is 433. The van der Waals surface area contributed by atoms with E-state index in [4.69, 9.17) is 5.73 Å². The number of nitrogens with two attached hydrogens (primary N) is 1. The fourth-order valence-corrected chi connectivity index (χ4v) is 2.26. The Morgan fingerprint density at radius 2 is 2.44 bits per heavy atom. The summed E-state index contributed by atoms with van der Waals surface area (Å²) in [5, 5.41) is 2.95. The van der Waals surface area contributed by atoms with Crippen molar-refractivity contribution in [1.29, 1.82) is 0 Å². The first-order valence-electron chi connectivity index (χ1n) is 6.30. The summed E-state index contributed by atoms with van der Waals surface area (Å²) in [7, 11) is 0. The minimum Gasteiger partial charge on any atom is -0.354 e. The molecule has 0 aromatic carbocycles. The molecule has 3 N–H and O–H groups in total. The van der Waals surface area contributed by atoms with E-state index in [2.05, 4.69) is 15.2 Å². The number of nitrogens with zero attached hydrogens (tertiary/aromatic N) is 2. The highest BCUT2D eigenvalue weighted by molar-refractivity contribution is 5.73. The molecule has 1 aromatic rings. The van der Waals surface area contributed by atoms with Crippen LogP contribution in [0.2, 0.25) is 0 Å². The summed E-state index contributed by atoms with van der Waals surface area (Å²) >= 11 is 0. The van der Waals surface area contributed by atoms with Gasteiger partial charge in [0.1, 0.15) is 5.82 Å². The third-order valence-electron chi connectivity index (χ3n) is 3.21. The first-order valence-corrected chi connectivity index (χ1v) is 6.30. The normalized spacial score (nSPS) is 20.8. The highest BCUT2D eigenvalue weighted by Crippen LogP contribution is 2.21. The van der Waals surface area contributed by atoms with Crippen molar-refractivity contribution < 1.29 is 4.79 Å². The van der Waals surface area contributed by atoms with Crippen molar-refractivity contribution in [2.45, 2.75) is 32.4 Å². The summed E-state index contributed by atoms with van der Waals surface area (Å²) in [6, 6.07) is 4.21. The zero-order valence-electron chi connectivity index (χ0n) is 10.9. The Labute approximate surface area is 107 Å². The fourth-order valence-electron chi connectivity index (χ4n) is 2.26. The quantitative estimate of drug-likeness (QED) is 0.830. The first-order chi connectivity index (χ1) is 8.56. The van der Waals surface area contributed by atoms with Gasteiger partial charge in [0.2, 0.25) is 5.91 Å². The number of rotatable bonds is 3. The van der Waals surface area contributed by atoms with Crippen molar-refractivity contribution in [3.63, 3.8) is 0 Å². The fraction of sp³-hybridized carbons (Fsp3) is 0.538. The average Bonchev–Trinajstić information content (AvgIpc) is 2.77. The molecule has 0 bridgehead atoms. The lowest BCUT2D eigenvalue weighted by molar-refractivity contribution is -0.119. The van der Waals surface area contributed by atoms with Crippen LogP contribution in [0.25, 0.3) is 0 Å². The van der Waals surface area contributed by atoms with Crippen LogP contribution in [0.5, 0.6) is 0 Å². The molecule has 0 saturated carbocycles. The van der Waals surface area contributed by atoms with E-state index in [9.17, 15) is 4.79 Å². The standard InChI is InChI=1S/C13H20N4O/c1-9(14)11-3-5-15-13(7-11)17-6-4-12(8-17)16-10(2)18/h3,5,7,9,12H,4,6,8,14H2,1-2H3,(H,16,18)/t9-,12?/m1/s1. The van der Waals surface area contributed by atoms with E-state index in [1.807, 2.05) is 19.1 Å². The van der Waals surface area contributed by atoms with Crippen LogP contribution in [-0.2, 0) is 4.79 Å². The number of hydrogen-bond acceptors (Lipinski definition) is 4.